The van der Waals surface area contributed by atoms with Crippen molar-refractivity contribution in [2.45, 2.75) is 33.1 Å². The summed E-state index contributed by atoms with van der Waals surface area (Å²) in [6, 6.07) is 17.6. The lowest BCUT2D eigenvalue weighted by atomic mass is 10.0. The van der Waals surface area contributed by atoms with Crippen LogP contribution in [0, 0.1) is 6.92 Å². The maximum absolute atomic E-state index is 13.0. The van der Waals surface area contributed by atoms with E-state index in [4.69, 9.17) is 17.3 Å². The molecule has 0 aliphatic rings. The van der Waals surface area contributed by atoms with Crippen LogP contribution in [0.4, 0.5) is 0 Å². The standard InChI is InChI=1S/C23H27N5OS/c1-3-4-10-15-24-23(30)26-25-22(29)20-16-28(18-12-6-5-7-13-18)27-21(20)19-14-9-8-11-17(19)2/h5-9,11-14,16H,3-4,10,15H2,1-2H3,(H,25,29)(H2,24,26,30). The minimum atomic E-state index is -0.298. The Bertz CT molecular complexity index is 1000. The molecule has 3 aromatic rings. The number of nitrogens with zero attached hydrogens (tertiary/aromatic N) is 2. The molecular formula is C23H27N5OS. The molecule has 6 nitrogen and oxygen atoms in total. The molecule has 0 saturated heterocycles. The highest BCUT2D eigenvalue weighted by molar-refractivity contribution is 7.80. The number of amides is 1. The van der Waals surface area contributed by atoms with Crippen molar-refractivity contribution in [1.29, 1.82) is 0 Å². The highest BCUT2D eigenvalue weighted by atomic mass is 32.1. The maximum Gasteiger partial charge on any atom is 0.273 e. The Labute approximate surface area is 182 Å². The van der Waals surface area contributed by atoms with Gasteiger partial charge in [0.05, 0.1) is 11.3 Å². The summed E-state index contributed by atoms with van der Waals surface area (Å²) < 4.78 is 1.72. The predicted molar refractivity (Wildman–Crippen MR) is 124 cm³/mol. The lowest BCUT2D eigenvalue weighted by molar-refractivity contribution is 0.0944. The Hall–Kier alpha value is -3.19. The van der Waals surface area contributed by atoms with Crippen LogP contribution in [0.15, 0.2) is 60.8 Å². The van der Waals surface area contributed by atoms with Gasteiger partial charge < -0.3 is 5.32 Å². The molecule has 30 heavy (non-hydrogen) atoms. The zero-order valence-corrected chi connectivity index (χ0v) is 18.1. The van der Waals surface area contributed by atoms with Gasteiger partial charge in [0, 0.05) is 18.3 Å². The molecule has 7 heteroatoms. The van der Waals surface area contributed by atoms with E-state index in [2.05, 4.69) is 23.1 Å². The third kappa shape index (κ3) is 5.45. The lowest BCUT2D eigenvalue weighted by Crippen LogP contribution is -2.47. The van der Waals surface area contributed by atoms with Gasteiger partial charge in [0.1, 0.15) is 5.69 Å². The van der Waals surface area contributed by atoms with Crippen molar-refractivity contribution in [2.24, 2.45) is 0 Å². The molecule has 0 bridgehead atoms. The number of aryl methyl sites for hydroxylation is 1. The summed E-state index contributed by atoms with van der Waals surface area (Å²) in [5, 5.41) is 8.20. The Morgan fingerprint density at radius 3 is 2.50 bits per heavy atom. The smallest absolute Gasteiger partial charge is 0.273 e. The lowest BCUT2D eigenvalue weighted by Gasteiger charge is -2.11. The number of aromatic nitrogens is 2. The van der Waals surface area contributed by atoms with Crippen LogP contribution in [-0.4, -0.2) is 27.3 Å². The van der Waals surface area contributed by atoms with Gasteiger partial charge in [0.2, 0.25) is 0 Å². The number of thiocarbonyl (C=S) groups is 1. The van der Waals surface area contributed by atoms with E-state index >= 15 is 0 Å². The number of carbonyl (C=O) groups is 1. The van der Waals surface area contributed by atoms with E-state index in [9.17, 15) is 4.79 Å². The van der Waals surface area contributed by atoms with Gasteiger partial charge >= 0.3 is 0 Å². The van der Waals surface area contributed by atoms with E-state index in [1.807, 2.05) is 61.5 Å². The minimum Gasteiger partial charge on any atom is -0.361 e. The zero-order chi connectivity index (χ0) is 21.3. The van der Waals surface area contributed by atoms with E-state index in [1.165, 1.54) is 0 Å². The number of hydrazine groups is 1. The molecule has 0 aliphatic carbocycles. The second kappa shape index (κ2) is 10.5. The number of hydrogen-bond donors (Lipinski definition) is 3. The number of unbranched alkanes of at least 4 members (excludes halogenated alkanes) is 2. The molecule has 0 atom stereocenters. The van der Waals surface area contributed by atoms with Crippen LogP contribution in [0.25, 0.3) is 16.9 Å². The average Bonchev–Trinajstić information content (AvgIpc) is 3.21. The summed E-state index contributed by atoms with van der Waals surface area (Å²) in [5.41, 5.74) is 9.41. The summed E-state index contributed by atoms with van der Waals surface area (Å²) in [7, 11) is 0. The summed E-state index contributed by atoms with van der Waals surface area (Å²) in [6.07, 6.45) is 5.06. The first-order valence-corrected chi connectivity index (χ1v) is 10.6. The molecule has 0 fully saturated rings. The van der Waals surface area contributed by atoms with Crippen molar-refractivity contribution < 1.29 is 4.79 Å². The Morgan fingerprint density at radius 1 is 1.03 bits per heavy atom. The molecule has 3 N–H and O–H groups in total. The van der Waals surface area contributed by atoms with Gasteiger partial charge in [-0.25, -0.2) is 4.68 Å². The summed E-state index contributed by atoms with van der Waals surface area (Å²) >= 11 is 5.24. The summed E-state index contributed by atoms with van der Waals surface area (Å²) in [4.78, 5) is 13.0. The third-order valence-electron chi connectivity index (χ3n) is 4.74. The largest absolute Gasteiger partial charge is 0.361 e. The van der Waals surface area contributed by atoms with Gasteiger partial charge in [-0.3, -0.25) is 15.6 Å². The topological polar surface area (TPSA) is 71.0 Å². The molecule has 1 aromatic heterocycles. The molecular weight excluding hydrogens is 394 g/mol. The summed E-state index contributed by atoms with van der Waals surface area (Å²) in [6.45, 7) is 4.93. The van der Waals surface area contributed by atoms with E-state index in [1.54, 1.807) is 10.9 Å². The molecule has 0 unspecified atom stereocenters. The van der Waals surface area contributed by atoms with Gasteiger partial charge in [-0.15, -0.1) is 0 Å². The Kier molecular flexibility index (Phi) is 7.57. The minimum absolute atomic E-state index is 0.298. The molecule has 0 spiro atoms. The fourth-order valence-corrected chi connectivity index (χ4v) is 3.25. The van der Waals surface area contributed by atoms with Crippen LogP contribution in [0.3, 0.4) is 0 Å². The van der Waals surface area contributed by atoms with Crippen molar-refractivity contribution in [3.8, 4) is 16.9 Å². The Balaban J connectivity index is 1.80. The van der Waals surface area contributed by atoms with Gasteiger partial charge in [0.25, 0.3) is 5.91 Å². The summed E-state index contributed by atoms with van der Waals surface area (Å²) in [5.74, 6) is -0.298. The van der Waals surface area contributed by atoms with E-state index in [0.717, 1.165) is 42.6 Å². The number of rotatable bonds is 7. The molecule has 156 valence electrons. The van der Waals surface area contributed by atoms with E-state index < -0.39 is 0 Å². The maximum atomic E-state index is 13.0. The molecule has 2 aromatic carbocycles. The first kappa shape index (κ1) is 21.5. The van der Waals surface area contributed by atoms with Crippen molar-refractivity contribution >= 4 is 23.2 Å². The number of para-hydroxylation sites is 1. The van der Waals surface area contributed by atoms with Crippen molar-refractivity contribution in [3.63, 3.8) is 0 Å². The number of hydrogen-bond acceptors (Lipinski definition) is 3. The van der Waals surface area contributed by atoms with Crippen LogP contribution in [0.5, 0.6) is 0 Å². The monoisotopic (exact) mass is 421 g/mol. The van der Waals surface area contributed by atoms with Crippen molar-refractivity contribution in [2.75, 3.05) is 6.54 Å². The van der Waals surface area contributed by atoms with Crippen LogP contribution in [0.1, 0.15) is 42.1 Å². The SMILES string of the molecule is CCCCCNC(=S)NNC(=O)c1cn(-c2ccccc2)nc1-c1ccccc1C. The average molecular weight is 422 g/mol. The number of nitrogens with one attached hydrogen (secondary N) is 3. The number of benzene rings is 2. The molecule has 0 radical (unpaired) electrons. The van der Waals surface area contributed by atoms with Gasteiger partial charge in [-0.05, 0) is 43.3 Å². The van der Waals surface area contributed by atoms with Crippen LogP contribution in [0.2, 0.25) is 0 Å². The molecule has 0 aliphatic heterocycles. The zero-order valence-electron chi connectivity index (χ0n) is 17.3. The molecule has 3 rings (SSSR count). The first-order chi connectivity index (χ1) is 14.6. The van der Waals surface area contributed by atoms with E-state index in [0.29, 0.717) is 16.4 Å². The fourth-order valence-electron chi connectivity index (χ4n) is 3.09. The van der Waals surface area contributed by atoms with E-state index in [-0.39, 0.29) is 5.91 Å². The molecule has 1 heterocycles. The van der Waals surface area contributed by atoms with Crippen molar-refractivity contribution in [1.82, 2.24) is 25.9 Å². The highest BCUT2D eigenvalue weighted by Crippen LogP contribution is 2.26. The van der Waals surface area contributed by atoms with Gasteiger partial charge in [0.15, 0.2) is 5.11 Å². The fraction of sp³-hybridized carbons (Fsp3) is 0.261. The Morgan fingerprint density at radius 2 is 1.77 bits per heavy atom. The van der Waals surface area contributed by atoms with Crippen molar-refractivity contribution in [3.05, 3.63) is 71.9 Å². The normalized spacial score (nSPS) is 10.5. The van der Waals surface area contributed by atoms with Crippen LogP contribution < -0.4 is 16.2 Å². The predicted octanol–water partition coefficient (Wildman–Crippen LogP) is 4.15. The first-order valence-electron chi connectivity index (χ1n) is 10.2. The van der Waals surface area contributed by atoms with Gasteiger partial charge in [-0.2, -0.15) is 5.10 Å². The van der Waals surface area contributed by atoms with Crippen LogP contribution in [-0.2, 0) is 0 Å². The second-order valence-electron chi connectivity index (χ2n) is 7.03. The van der Waals surface area contributed by atoms with Gasteiger partial charge in [-0.1, -0.05) is 62.2 Å². The third-order valence-corrected chi connectivity index (χ3v) is 4.98. The second-order valence-corrected chi connectivity index (χ2v) is 7.44. The molecule has 1 amide bonds. The quantitative estimate of drug-likeness (QED) is 0.304. The molecule has 0 saturated carbocycles. The number of carbonyl (C=O) groups excluding carboxylic acids is 1. The highest BCUT2D eigenvalue weighted by Gasteiger charge is 2.20. The van der Waals surface area contributed by atoms with Crippen LogP contribution >= 0.6 is 12.2 Å².